The molecule has 4 N–H and O–H groups in total. The number of carbonyl (C=O) groups is 1. The number of aromatic amines is 1. The number of rotatable bonds is 6. The van der Waals surface area contributed by atoms with Gasteiger partial charge >= 0.3 is 0 Å². The van der Waals surface area contributed by atoms with Gasteiger partial charge in [-0.2, -0.15) is 16.9 Å². The Morgan fingerprint density at radius 1 is 1.40 bits per heavy atom. The second-order valence-corrected chi connectivity index (χ2v) is 5.16. The average Bonchev–Trinajstić information content (AvgIpc) is 2.95. The summed E-state index contributed by atoms with van der Waals surface area (Å²) in [6, 6.07) is 7.41. The van der Waals surface area contributed by atoms with Crippen molar-refractivity contribution in [1.82, 2.24) is 15.2 Å². The summed E-state index contributed by atoms with van der Waals surface area (Å²) in [5.41, 5.74) is 7.13. The Balaban J connectivity index is 2.00. The van der Waals surface area contributed by atoms with Crippen LogP contribution in [0.3, 0.4) is 0 Å². The lowest BCUT2D eigenvalue weighted by Crippen LogP contribution is -2.11. The smallest absolute Gasteiger partial charge is 0.225 e. The van der Waals surface area contributed by atoms with Crippen LogP contribution in [-0.2, 0) is 11.3 Å². The zero-order chi connectivity index (χ0) is 14.4. The minimum absolute atomic E-state index is 0.0235. The van der Waals surface area contributed by atoms with E-state index in [0.29, 0.717) is 24.6 Å². The highest BCUT2D eigenvalue weighted by Gasteiger charge is 2.06. The van der Waals surface area contributed by atoms with E-state index in [1.54, 1.807) is 11.8 Å². The fraction of sp³-hybridized carbons (Fsp3) is 0.308. The van der Waals surface area contributed by atoms with Gasteiger partial charge in [-0.25, -0.2) is 4.98 Å². The highest BCUT2D eigenvalue weighted by Crippen LogP contribution is 2.18. The molecule has 20 heavy (non-hydrogen) atoms. The summed E-state index contributed by atoms with van der Waals surface area (Å²) in [5.74, 6) is 2.10. The Labute approximate surface area is 121 Å². The van der Waals surface area contributed by atoms with E-state index in [9.17, 15) is 4.79 Å². The monoisotopic (exact) mass is 291 g/mol. The molecule has 7 heteroatoms. The SMILES string of the molecule is CSCCC(=O)Nc1ccc(-c2n[nH]c(CN)n2)cc1. The molecule has 1 heterocycles. The Hall–Kier alpha value is -1.86. The molecule has 6 nitrogen and oxygen atoms in total. The fourth-order valence-electron chi connectivity index (χ4n) is 1.64. The van der Waals surface area contributed by atoms with Crippen LogP contribution in [0, 0.1) is 0 Å². The van der Waals surface area contributed by atoms with Crippen molar-refractivity contribution in [2.75, 3.05) is 17.3 Å². The molecule has 2 aromatic rings. The molecule has 0 saturated heterocycles. The predicted octanol–water partition coefficient (Wildman–Crippen LogP) is 1.62. The van der Waals surface area contributed by atoms with Crippen LogP contribution >= 0.6 is 11.8 Å². The lowest BCUT2D eigenvalue weighted by atomic mass is 10.2. The lowest BCUT2D eigenvalue weighted by Gasteiger charge is -2.05. The third kappa shape index (κ3) is 3.82. The molecule has 0 radical (unpaired) electrons. The number of aromatic nitrogens is 3. The van der Waals surface area contributed by atoms with Crippen LogP contribution < -0.4 is 11.1 Å². The van der Waals surface area contributed by atoms with Gasteiger partial charge in [0, 0.05) is 23.4 Å². The molecule has 0 bridgehead atoms. The maximum Gasteiger partial charge on any atom is 0.225 e. The number of amides is 1. The summed E-state index contributed by atoms with van der Waals surface area (Å²) >= 11 is 1.65. The van der Waals surface area contributed by atoms with Crippen molar-refractivity contribution >= 4 is 23.4 Å². The minimum atomic E-state index is 0.0235. The van der Waals surface area contributed by atoms with Gasteiger partial charge in [0.05, 0.1) is 6.54 Å². The largest absolute Gasteiger partial charge is 0.326 e. The van der Waals surface area contributed by atoms with E-state index in [-0.39, 0.29) is 5.91 Å². The average molecular weight is 291 g/mol. The van der Waals surface area contributed by atoms with Gasteiger partial charge in [-0.1, -0.05) is 0 Å². The summed E-state index contributed by atoms with van der Waals surface area (Å²) in [6.07, 6.45) is 2.50. The number of thioether (sulfide) groups is 1. The summed E-state index contributed by atoms with van der Waals surface area (Å²) in [5, 5.41) is 9.70. The number of H-pyrrole nitrogens is 1. The molecule has 0 aliphatic heterocycles. The quantitative estimate of drug-likeness (QED) is 0.751. The van der Waals surface area contributed by atoms with E-state index in [4.69, 9.17) is 5.73 Å². The first-order chi connectivity index (χ1) is 9.72. The summed E-state index contributed by atoms with van der Waals surface area (Å²) in [6.45, 7) is 0.330. The van der Waals surface area contributed by atoms with Gasteiger partial charge in [0.15, 0.2) is 5.82 Å². The number of nitrogens with zero attached hydrogens (tertiary/aromatic N) is 2. The number of hydrogen-bond donors (Lipinski definition) is 3. The highest BCUT2D eigenvalue weighted by molar-refractivity contribution is 7.98. The number of hydrogen-bond acceptors (Lipinski definition) is 5. The molecule has 0 fully saturated rings. The van der Waals surface area contributed by atoms with Crippen LogP contribution in [0.4, 0.5) is 5.69 Å². The van der Waals surface area contributed by atoms with Crippen LogP contribution in [0.1, 0.15) is 12.2 Å². The number of nitrogens with one attached hydrogen (secondary N) is 2. The van der Waals surface area contributed by atoms with Crippen molar-refractivity contribution < 1.29 is 4.79 Å². The van der Waals surface area contributed by atoms with Crippen molar-refractivity contribution in [3.05, 3.63) is 30.1 Å². The van der Waals surface area contributed by atoms with Crippen molar-refractivity contribution in [1.29, 1.82) is 0 Å². The number of anilines is 1. The number of carbonyl (C=O) groups excluding carboxylic acids is 1. The molecule has 1 amide bonds. The maximum absolute atomic E-state index is 11.6. The summed E-state index contributed by atoms with van der Waals surface area (Å²) in [4.78, 5) is 15.8. The van der Waals surface area contributed by atoms with Gasteiger partial charge < -0.3 is 11.1 Å². The molecule has 0 aliphatic rings. The van der Waals surface area contributed by atoms with E-state index in [2.05, 4.69) is 20.5 Å². The summed E-state index contributed by atoms with van der Waals surface area (Å²) < 4.78 is 0. The third-order valence-corrected chi connectivity index (χ3v) is 3.30. The van der Waals surface area contributed by atoms with Gasteiger partial charge in [0.25, 0.3) is 0 Å². The van der Waals surface area contributed by atoms with Gasteiger partial charge in [-0.15, -0.1) is 0 Å². The molecule has 1 aromatic heterocycles. The van der Waals surface area contributed by atoms with Gasteiger partial charge in [-0.05, 0) is 30.5 Å². The number of nitrogens with two attached hydrogens (primary N) is 1. The Morgan fingerprint density at radius 2 is 2.15 bits per heavy atom. The normalized spacial score (nSPS) is 10.5. The molecule has 0 aliphatic carbocycles. The second-order valence-electron chi connectivity index (χ2n) is 4.18. The summed E-state index contributed by atoms with van der Waals surface area (Å²) in [7, 11) is 0. The molecule has 0 atom stereocenters. The van der Waals surface area contributed by atoms with Gasteiger partial charge in [0.2, 0.25) is 5.91 Å². The molecule has 2 rings (SSSR count). The molecule has 106 valence electrons. The number of benzene rings is 1. The van der Waals surface area contributed by atoms with Crippen LogP contribution in [0.2, 0.25) is 0 Å². The zero-order valence-corrected chi connectivity index (χ0v) is 12.0. The first-order valence-electron chi connectivity index (χ1n) is 6.23. The van der Waals surface area contributed by atoms with Crippen molar-refractivity contribution in [2.45, 2.75) is 13.0 Å². The molecular weight excluding hydrogens is 274 g/mol. The van der Waals surface area contributed by atoms with E-state index in [0.717, 1.165) is 17.0 Å². The van der Waals surface area contributed by atoms with Gasteiger partial charge in [0.1, 0.15) is 5.82 Å². The fourth-order valence-corrected chi connectivity index (χ4v) is 2.03. The molecular formula is C13H17N5OS. The maximum atomic E-state index is 11.6. The topological polar surface area (TPSA) is 96.7 Å². The first kappa shape index (κ1) is 14.5. The van der Waals surface area contributed by atoms with Crippen molar-refractivity contribution in [3.8, 4) is 11.4 Å². The van der Waals surface area contributed by atoms with E-state index in [1.165, 1.54) is 0 Å². The molecule has 0 saturated carbocycles. The standard InChI is InChI=1S/C13H17N5OS/c1-20-7-6-12(19)15-10-4-2-9(3-5-10)13-16-11(8-14)17-18-13/h2-5H,6-8,14H2,1H3,(H,15,19)(H,16,17,18). The van der Waals surface area contributed by atoms with Crippen LogP contribution in [0.15, 0.2) is 24.3 Å². The Bertz CT molecular complexity index is 566. The Morgan fingerprint density at radius 3 is 2.75 bits per heavy atom. The van der Waals surface area contributed by atoms with E-state index in [1.807, 2.05) is 30.5 Å². The third-order valence-electron chi connectivity index (χ3n) is 2.69. The molecule has 0 spiro atoms. The zero-order valence-electron chi connectivity index (χ0n) is 11.2. The second kappa shape index (κ2) is 7.06. The molecule has 0 unspecified atom stereocenters. The molecule has 1 aromatic carbocycles. The van der Waals surface area contributed by atoms with E-state index < -0.39 is 0 Å². The van der Waals surface area contributed by atoms with Gasteiger partial charge in [-0.3, -0.25) is 9.89 Å². The van der Waals surface area contributed by atoms with Crippen molar-refractivity contribution in [3.63, 3.8) is 0 Å². The minimum Gasteiger partial charge on any atom is -0.326 e. The van der Waals surface area contributed by atoms with Crippen molar-refractivity contribution in [2.24, 2.45) is 5.73 Å². The van der Waals surface area contributed by atoms with Crippen LogP contribution in [-0.4, -0.2) is 33.1 Å². The predicted molar refractivity (Wildman–Crippen MR) is 81.3 cm³/mol. The Kier molecular flexibility index (Phi) is 5.14. The highest BCUT2D eigenvalue weighted by atomic mass is 32.2. The lowest BCUT2D eigenvalue weighted by molar-refractivity contribution is -0.115. The first-order valence-corrected chi connectivity index (χ1v) is 7.63. The van der Waals surface area contributed by atoms with Crippen LogP contribution in [0.25, 0.3) is 11.4 Å². The van der Waals surface area contributed by atoms with E-state index >= 15 is 0 Å². The van der Waals surface area contributed by atoms with Crippen LogP contribution in [0.5, 0.6) is 0 Å².